The summed E-state index contributed by atoms with van der Waals surface area (Å²) >= 11 is 0. The zero-order valence-electron chi connectivity index (χ0n) is 14.1. The Morgan fingerprint density at radius 2 is 1.96 bits per heavy atom. The van der Waals surface area contributed by atoms with Crippen molar-refractivity contribution in [1.29, 1.82) is 0 Å². The zero-order chi connectivity index (χ0) is 17.1. The van der Waals surface area contributed by atoms with Crippen LogP contribution in [0.5, 0.6) is 5.75 Å². The van der Waals surface area contributed by atoms with Crippen molar-refractivity contribution in [2.45, 2.75) is 33.4 Å². The average molecular weight is 323 g/mol. The Morgan fingerprint density at radius 3 is 2.67 bits per heavy atom. The van der Waals surface area contributed by atoms with Crippen LogP contribution in [0, 0.1) is 13.8 Å². The van der Waals surface area contributed by atoms with Gasteiger partial charge in [-0.15, -0.1) is 0 Å². The number of nitrogens with one attached hydrogen (secondary N) is 2. The molecule has 1 heterocycles. The summed E-state index contributed by atoms with van der Waals surface area (Å²) in [5, 5.41) is 12.2. The number of benzene rings is 2. The van der Waals surface area contributed by atoms with E-state index in [2.05, 4.69) is 15.5 Å². The highest BCUT2D eigenvalue weighted by Crippen LogP contribution is 2.21. The van der Waals surface area contributed by atoms with Gasteiger partial charge in [-0.3, -0.25) is 9.89 Å². The van der Waals surface area contributed by atoms with Gasteiger partial charge in [-0.1, -0.05) is 30.3 Å². The number of carbonyl (C=O) groups excluding carboxylic acids is 1. The maximum absolute atomic E-state index is 12.3. The molecule has 2 aromatic carbocycles. The maximum Gasteiger partial charge on any atom is 0.261 e. The molecule has 0 saturated carbocycles. The number of hydrogen-bond acceptors (Lipinski definition) is 3. The predicted molar refractivity (Wildman–Crippen MR) is 93.9 cm³/mol. The maximum atomic E-state index is 12.3. The van der Waals surface area contributed by atoms with Crippen molar-refractivity contribution in [3.8, 4) is 5.75 Å². The number of aryl methyl sites for hydroxylation is 2. The topological polar surface area (TPSA) is 67.0 Å². The monoisotopic (exact) mass is 323 g/mol. The highest BCUT2D eigenvalue weighted by molar-refractivity contribution is 5.84. The second-order valence-electron chi connectivity index (χ2n) is 5.90. The van der Waals surface area contributed by atoms with E-state index in [-0.39, 0.29) is 5.91 Å². The smallest absolute Gasteiger partial charge is 0.261 e. The lowest BCUT2D eigenvalue weighted by Gasteiger charge is -2.15. The lowest BCUT2D eigenvalue weighted by Crippen LogP contribution is -2.36. The van der Waals surface area contributed by atoms with E-state index in [1.165, 1.54) is 0 Å². The fourth-order valence-corrected chi connectivity index (χ4v) is 2.65. The second kappa shape index (κ2) is 6.74. The molecule has 0 bridgehead atoms. The Kier molecular flexibility index (Phi) is 4.51. The summed E-state index contributed by atoms with van der Waals surface area (Å²) in [5.41, 5.74) is 2.88. The summed E-state index contributed by atoms with van der Waals surface area (Å²) in [6.45, 7) is 6.05. The molecule has 1 amide bonds. The third-order valence-electron chi connectivity index (χ3n) is 4.12. The minimum atomic E-state index is -0.571. The fourth-order valence-electron chi connectivity index (χ4n) is 2.65. The highest BCUT2D eigenvalue weighted by Gasteiger charge is 2.16. The Hall–Kier alpha value is -2.82. The molecular formula is C19H21N3O2. The van der Waals surface area contributed by atoms with E-state index in [4.69, 9.17) is 4.74 Å². The van der Waals surface area contributed by atoms with Crippen molar-refractivity contribution in [3.05, 3.63) is 59.4 Å². The molecule has 0 unspecified atom stereocenters. The molecule has 0 radical (unpaired) electrons. The molecule has 0 saturated heterocycles. The first-order valence-corrected chi connectivity index (χ1v) is 7.98. The molecule has 0 aliphatic carbocycles. The van der Waals surface area contributed by atoms with Crippen molar-refractivity contribution < 1.29 is 9.53 Å². The van der Waals surface area contributed by atoms with Crippen LogP contribution in [-0.4, -0.2) is 22.2 Å². The van der Waals surface area contributed by atoms with Crippen LogP contribution in [0.15, 0.2) is 42.5 Å². The number of ether oxygens (including phenoxy) is 1. The molecule has 3 rings (SSSR count). The Balaban J connectivity index is 1.62. The predicted octanol–water partition coefficient (Wildman–Crippen LogP) is 3.26. The molecule has 0 aliphatic rings. The Morgan fingerprint density at radius 1 is 1.21 bits per heavy atom. The first kappa shape index (κ1) is 16.1. The van der Waals surface area contributed by atoms with Gasteiger partial charge in [0.1, 0.15) is 5.75 Å². The van der Waals surface area contributed by atoms with Crippen LogP contribution in [0.1, 0.15) is 23.9 Å². The summed E-state index contributed by atoms with van der Waals surface area (Å²) in [6.07, 6.45) is -0.571. The fraction of sp³-hybridized carbons (Fsp3) is 0.263. The number of carbonyl (C=O) groups is 1. The van der Waals surface area contributed by atoms with E-state index < -0.39 is 6.10 Å². The van der Waals surface area contributed by atoms with Gasteiger partial charge in [-0.05, 0) is 43.7 Å². The number of nitrogens with zero attached hydrogens (tertiary/aromatic N) is 1. The lowest BCUT2D eigenvalue weighted by molar-refractivity contribution is -0.127. The van der Waals surface area contributed by atoms with Crippen LogP contribution < -0.4 is 10.1 Å². The summed E-state index contributed by atoms with van der Waals surface area (Å²) < 4.78 is 5.78. The number of H-pyrrole nitrogens is 1. The molecule has 2 N–H and O–H groups in total. The number of amides is 1. The zero-order valence-corrected chi connectivity index (χ0v) is 14.1. The van der Waals surface area contributed by atoms with Crippen LogP contribution in [0.25, 0.3) is 10.8 Å². The van der Waals surface area contributed by atoms with Crippen LogP contribution >= 0.6 is 0 Å². The van der Waals surface area contributed by atoms with Gasteiger partial charge in [0.25, 0.3) is 5.91 Å². The van der Waals surface area contributed by atoms with E-state index in [0.29, 0.717) is 12.3 Å². The third-order valence-corrected chi connectivity index (χ3v) is 4.12. The van der Waals surface area contributed by atoms with Crippen molar-refractivity contribution >= 4 is 16.7 Å². The molecule has 0 fully saturated rings. The van der Waals surface area contributed by atoms with Gasteiger partial charge in [0.05, 0.1) is 5.69 Å². The van der Waals surface area contributed by atoms with Gasteiger partial charge in [0.15, 0.2) is 6.10 Å². The largest absolute Gasteiger partial charge is 0.481 e. The standard InChI is InChI=1S/C19H21N3O2/c1-12-18(13(2)22-21-12)11-20-19(23)14(3)24-17-9-8-15-6-4-5-7-16(15)10-17/h4-10,14H,11H2,1-3H3,(H,20,23)(H,21,22)/t14-/m1/s1. The number of rotatable bonds is 5. The van der Waals surface area contributed by atoms with Crippen LogP contribution in [-0.2, 0) is 11.3 Å². The lowest BCUT2D eigenvalue weighted by atomic mass is 10.1. The summed E-state index contributed by atoms with van der Waals surface area (Å²) in [5.74, 6) is 0.537. The van der Waals surface area contributed by atoms with Gasteiger partial charge in [0, 0.05) is 17.8 Å². The molecule has 124 valence electrons. The molecule has 24 heavy (non-hydrogen) atoms. The minimum absolute atomic E-state index is 0.150. The second-order valence-corrected chi connectivity index (χ2v) is 5.90. The average Bonchev–Trinajstić information content (AvgIpc) is 2.90. The van der Waals surface area contributed by atoms with Gasteiger partial charge in [-0.2, -0.15) is 5.10 Å². The molecule has 1 atom stereocenters. The number of fused-ring (bicyclic) bond motifs is 1. The quantitative estimate of drug-likeness (QED) is 0.757. The van der Waals surface area contributed by atoms with Crippen molar-refractivity contribution in [3.63, 3.8) is 0 Å². The Labute approximate surface area is 141 Å². The number of hydrogen-bond donors (Lipinski definition) is 2. The van der Waals surface area contributed by atoms with Gasteiger partial charge >= 0.3 is 0 Å². The van der Waals surface area contributed by atoms with E-state index in [1.807, 2.05) is 56.3 Å². The number of aromatic nitrogens is 2. The van der Waals surface area contributed by atoms with Gasteiger partial charge in [-0.25, -0.2) is 0 Å². The molecule has 0 spiro atoms. The van der Waals surface area contributed by atoms with Crippen molar-refractivity contribution in [1.82, 2.24) is 15.5 Å². The molecule has 0 aliphatic heterocycles. The number of aromatic amines is 1. The summed E-state index contributed by atoms with van der Waals surface area (Å²) in [4.78, 5) is 12.3. The molecule has 5 heteroatoms. The SMILES string of the molecule is Cc1n[nH]c(C)c1CNC(=O)[C@@H](C)Oc1ccc2ccccc2c1. The van der Waals surface area contributed by atoms with E-state index in [9.17, 15) is 4.79 Å². The first-order valence-electron chi connectivity index (χ1n) is 7.98. The highest BCUT2D eigenvalue weighted by atomic mass is 16.5. The normalized spacial score (nSPS) is 12.1. The summed E-state index contributed by atoms with van der Waals surface area (Å²) in [6, 6.07) is 13.9. The van der Waals surface area contributed by atoms with E-state index in [1.54, 1.807) is 6.92 Å². The summed E-state index contributed by atoms with van der Waals surface area (Å²) in [7, 11) is 0. The van der Waals surface area contributed by atoms with Gasteiger partial charge in [0.2, 0.25) is 0 Å². The molecule has 3 aromatic rings. The van der Waals surface area contributed by atoms with Gasteiger partial charge < -0.3 is 10.1 Å². The van der Waals surface area contributed by atoms with Crippen LogP contribution in [0.4, 0.5) is 0 Å². The first-order chi connectivity index (χ1) is 11.5. The minimum Gasteiger partial charge on any atom is -0.481 e. The molecule has 1 aromatic heterocycles. The van der Waals surface area contributed by atoms with Crippen molar-refractivity contribution in [2.75, 3.05) is 0 Å². The van der Waals surface area contributed by atoms with Crippen molar-refractivity contribution in [2.24, 2.45) is 0 Å². The molecular weight excluding hydrogens is 302 g/mol. The van der Waals surface area contributed by atoms with Crippen LogP contribution in [0.2, 0.25) is 0 Å². The molecule has 5 nitrogen and oxygen atoms in total. The van der Waals surface area contributed by atoms with Crippen LogP contribution in [0.3, 0.4) is 0 Å². The van der Waals surface area contributed by atoms with E-state index in [0.717, 1.165) is 27.7 Å². The third kappa shape index (κ3) is 3.40. The van der Waals surface area contributed by atoms with E-state index >= 15 is 0 Å². The Bertz CT molecular complexity index is 850.